The third-order valence-electron chi connectivity index (χ3n) is 2.32. The predicted octanol–water partition coefficient (Wildman–Crippen LogP) is 2.38. The molecule has 2 rings (SSSR count). The highest BCUT2D eigenvalue weighted by molar-refractivity contribution is 7.98. The Bertz CT molecular complexity index is 484. The summed E-state index contributed by atoms with van der Waals surface area (Å²) in [6.45, 7) is 2.57. The number of rotatable bonds is 5. The van der Waals surface area contributed by atoms with Gasteiger partial charge in [-0.3, -0.25) is 0 Å². The van der Waals surface area contributed by atoms with Crippen LogP contribution < -0.4 is 5.73 Å². The van der Waals surface area contributed by atoms with Gasteiger partial charge in [-0.2, -0.15) is 4.98 Å². The molecule has 0 atom stereocenters. The van der Waals surface area contributed by atoms with Crippen LogP contribution in [0.1, 0.15) is 24.2 Å². The Morgan fingerprint density at radius 1 is 1.41 bits per heavy atom. The second kappa shape index (κ2) is 5.84. The molecule has 0 amide bonds. The van der Waals surface area contributed by atoms with Crippen molar-refractivity contribution in [2.75, 3.05) is 0 Å². The molecule has 0 unspecified atom stereocenters. The van der Waals surface area contributed by atoms with E-state index < -0.39 is 0 Å². The van der Waals surface area contributed by atoms with Gasteiger partial charge in [-0.05, 0) is 17.7 Å². The summed E-state index contributed by atoms with van der Waals surface area (Å²) in [4.78, 5) is 5.43. The Hall–Kier alpha value is -1.33. The van der Waals surface area contributed by atoms with E-state index in [1.165, 1.54) is 4.90 Å². The van der Waals surface area contributed by atoms with Gasteiger partial charge in [-0.15, -0.1) is 11.8 Å². The van der Waals surface area contributed by atoms with E-state index in [0.717, 1.165) is 17.8 Å². The summed E-state index contributed by atoms with van der Waals surface area (Å²) < 4.78 is 5.13. The van der Waals surface area contributed by atoms with E-state index in [9.17, 15) is 0 Å². The van der Waals surface area contributed by atoms with Gasteiger partial charge in [0.15, 0.2) is 5.82 Å². The number of thioether (sulfide) groups is 1. The molecule has 90 valence electrons. The zero-order valence-corrected chi connectivity index (χ0v) is 10.5. The smallest absolute Gasteiger partial charge is 0.237 e. The molecule has 1 heterocycles. The van der Waals surface area contributed by atoms with Gasteiger partial charge >= 0.3 is 0 Å². The fourth-order valence-electron chi connectivity index (χ4n) is 1.40. The highest BCUT2D eigenvalue weighted by Crippen LogP contribution is 2.22. The number of aromatic nitrogens is 2. The van der Waals surface area contributed by atoms with Crippen LogP contribution in [-0.4, -0.2) is 10.1 Å². The molecule has 0 radical (unpaired) electrons. The minimum absolute atomic E-state index is 0.564. The Morgan fingerprint density at radius 2 is 2.29 bits per heavy atom. The summed E-state index contributed by atoms with van der Waals surface area (Å²) >= 11 is 1.68. The van der Waals surface area contributed by atoms with Crippen LogP contribution in [0.15, 0.2) is 33.7 Å². The first-order valence-corrected chi connectivity index (χ1v) is 6.53. The normalized spacial score (nSPS) is 10.7. The lowest BCUT2D eigenvalue weighted by Gasteiger charge is -2.01. The fraction of sp³-hybridized carbons (Fsp3) is 0.333. The van der Waals surface area contributed by atoms with E-state index in [1.807, 2.05) is 19.1 Å². The first-order chi connectivity index (χ1) is 8.31. The molecule has 1 aromatic heterocycles. The second-order valence-electron chi connectivity index (χ2n) is 3.60. The van der Waals surface area contributed by atoms with Crippen LogP contribution in [0.4, 0.5) is 0 Å². The molecule has 0 bridgehead atoms. The van der Waals surface area contributed by atoms with Crippen molar-refractivity contribution in [1.29, 1.82) is 0 Å². The lowest BCUT2D eigenvalue weighted by Crippen LogP contribution is -1.95. The maximum absolute atomic E-state index is 5.60. The number of aryl methyl sites for hydroxylation is 1. The topological polar surface area (TPSA) is 64.9 Å². The van der Waals surface area contributed by atoms with Crippen molar-refractivity contribution in [3.8, 4) is 0 Å². The first kappa shape index (κ1) is 12.1. The molecule has 17 heavy (non-hydrogen) atoms. The molecule has 0 saturated heterocycles. The minimum atomic E-state index is 0.564. The van der Waals surface area contributed by atoms with Gasteiger partial charge in [0, 0.05) is 17.9 Å². The lowest BCUT2D eigenvalue weighted by molar-refractivity contribution is 0.385. The van der Waals surface area contributed by atoms with Gasteiger partial charge in [0.05, 0.1) is 5.75 Å². The average Bonchev–Trinajstić information content (AvgIpc) is 2.84. The lowest BCUT2D eigenvalue weighted by atomic mass is 10.2. The summed E-state index contributed by atoms with van der Waals surface area (Å²) in [7, 11) is 0. The van der Waals surface area contributed by atoms with Crippen molar-refractivity contribution >= 4 is 11.8 Å². The van der Waals surface area contributed by atoms with Crippen LogP contribution in [0.3, 0.4) is 0 Å². The fourth-order valence-corrected chi connectivity index (χ4v) is 2.22. The molecule has 0 aliphatic rings. The molecule has 2 aromatic rings. The molecule has 0 aliphatic carbocycles. The Morgan fingerprint density at radius 3 is 3.00 bits per heavy atom. The summed E-state index contributed by atoms with van der Waals surface area (Å²) in [5, 5.41) is 3.86. The van der Waals surface area contributed by atoms with Gasteiger partial charge < -0.3 is 10.3 Å². The van der Waals surface area contributed by atoms with E-state index in [0.29, 0.717) is 18.2 Å². The van der Waals surface area contributed by atoms with E-state index in [1.54, 1.807) is 11.8 Å². The van der Waals surface area contributed by atoms with Crippen LogP contribution in [0.5, 0.6) is 0 Å². The molecule has 0 spiro atoms. The molecule has 5 heteroatoms. The Balaban J connectivity index is 1.96. The van der Waals surface area contributed by atoms with Crippen LogP contribution in [-0.2, 0) is 18.7 Å². The zero-order valence-electron chi connectivity index (χ0n) is 9.72. The summed E-state index contributed by atoms with van der Waals surface area (Å²) in [5.41, 5.74) is 6.73. The van der Waals surface area contributed by atoms with Gasteiger partial charge in [0.1, 0.15) is 0 Å². The quantitative estimate of drug-likeness (QED) is 0.824. The van der Waals surface area contributed by atoms with Crippen molar-refractivity contribution in [3.63, 3.8) is 0 Å². The molecule has 0 aliphatic heterocycles. The predicted molar refractivity (Wildman–Crippen MR) is 67.6 cm³/mol. The van der Waals surface area contributed by atoms with Crippen molar-refractivity contribution in [3.05, 3.63) is 41.5 Å². The van der Waals surface area contributed by atoms with Gasteiger partial charge in [0.2, 0.25) is 5.89 Å². The Labute approximate surface area is 105 Å². The molecule has 2 N–H and O–H groups in total. The molecule has 1 aromatic carbocycles. The Kier molecular flexibility index (Phi) is 4.17. The minimum Gasteiger partial charge on any atom is -0.338 e. The summed E-state index contributed by atoms with van der Waals surface area (Å²) in [6, 6.07) is 8.17. The number of nitrogens with zero attached hydrogens (tertiary/aromatic N) is 2. The number of hydrogen-bond acceptors (Lipinski definition) is 5. The number of hydrogen-bond donors (Lipinski definition) is 1. The largest absolute Gasteiger partial charge is 0.338 e. The van der Waals surface area contributed by atoms with Crippen LogP contribution in [0.25, 0.3) is 0 Å². The van der Waals surface area contributed by atoms with E-state index in [2.05, 4.69) is 22.3 Å². The molecule has 4 nitrogen and oxygen atoms in total. The zero-order chi connectivity index (χ0) is 12.1. The molecule has 0 fully saturated rings. The third-order valence-corrected chi connectivity index (χ3v) is 3.30. The monoisotopic (exact) mass is 249 g/mol. The average molecular weight is 249 g/mol. The standard InChI is InChI=1S/C12H15N3OS/c1-2-11-14-12(16-15-11)8-17-10-5-3-4-9(6-10)7-13/h3-6H,2,7-8,13H2,1H3. The SMILES string of the molecule is CCc1noc(CSc2cccc(CN)c2)n1. The van der Waals surface area contributed by atoms with Crippen molar-refractivity contribution in [2.24, 2.45) is 5.73 Å². The van der Waals surface area contributed by atoms with E-state index >= 15 is 0 Å². The molecule has 0 saturated carbocycles. The first-order valence-electron chi connectivity index (χ1n) is 5.55. The number of nitrogens with two attached hydrogens (primary N) is 1. The maximum atomic E-state index is 5.60. The van der Waals surface area contributed by atoms with Gasteiger partial charge in [0.25, 0.3) is 0 Å². The maximum Gasteiger partial charge on any atom is 0.237 e. The van der Waals surface area contributed by atoms with Crippen molar-refractivity contribution in [2.45, 2.75) is 30.5 Å². The summed E-state index contributed by atoms with van der Waals surface area (Å²) in [5.74, 6) is 2.13. The van der Waals surface area contributed by atoms with E-state index in [4.69, 9.17) is 10.3 Å². The van der Waals surface area contributed by atoms with Gasteiger partial charge in [-0.1, -0.05) is 24.2 Å². The molecular weight excluding hydrogens is 234 g/mol. The van der Waals surface area contributed by atoms with Crippen LogP contribution in [0, 0.1) is 0 Å². The van der Waals surface area contributed by atoms with Gasteiger partial charge in [-0.25, -0.2) is 0 Å². The molecular formula is C12H15N3OS. The van der Waals surface area contributed by atoms with Crippen LogP contribution >= 0.6 is 11.8 Å². The highest BCUT2D eigenvalue weighted by atomic mass is 32.2. The van der Waals surface area contributed by atoms with Crippen LogP contribution in [0.2, 0.25) is 0 Å². The van der Waals surface area contributed by atoms with E-state index in [-0.39, 0.29) is 0 Å². The number of benzene rings is 1. The second-order valence-corrected chi connectivity index (χ2v) is 4.65. The highest BCUT2D eigenvalue weighted by Gasteiger charge is 2.05. The third kappa shape index (κ3) is 3.31. The van der Waals surface area contributed by atoms with Crippen molar-refractivity contribution in [1.82, 2.24) is 10.1 Å². The van der Waals surface area contributed by atoms with Crippen molar-refractivity contribution < 1.29 is 4.52 Å². The summed E-state index contributed by atoms with van der Waals surface area (Å²) in [6.07, 6.45) is 0.802.